The molecule has 0 aliphatic carbocycles. The summed E-state index contributed by atoms with van der Waals surface area (Å²) in [5, 5.41) is 23.4. The van der Waals surface area contributed by atoms with Crippen molar-refractivity contribution in [2.45, 2.75) is 19.4 Å². The van der Waals surface area contributed by atoms with Gasteiger partial charge >= 0.3 is 5.97 Å². The highest BCUT2D eigenvalue weighted by Gasteiger charge is 2.28. The largest absolute Gasteiger partial charge is 0.619 e. The number of carbonyl (C=O) groups is 2. The zero-order valence-electron chi connectivity index (χ0n) is 17.8. The first-order valence-corrected chi connectivity index (χ1v) is 10.1. The van der Waals surface area contributed by atoms with Crippen molar-refractivity contribution < 1.29 is 19.1 Å². The van der Waals surface area contributed by atoms with Gasteiger partial charge in [0.15, 0.2) is 12.4 Å². The van der Waals surface area contributed by atoms with Crippen LogP contribution < -0.4 is 10.0 Å². The Kier molecular flexibility index (Phi) is 7.19. The van der Waals surface area contributed by atoms with Crippen LogP contribution in [0.5, 0.6) is 0 Å². The first-order valence-electron chi connectivity index (χ1n) is 10.1. The van der Waals surface area contributed by atoms with E-state index in [1.165, 1.54) is 19.5 Å². The Balaban J connectivity index is 1.72. The molecule has 7 nitrogen and oxygen atoms in total. The van der Waals surface area contributed by atoms with E-state index in [1.807, 2.05) is 12.1 Å². The van der Waals surface area contributed by atoms with Gasteiger partial charge in [-0.05, 0) is 54.8 Å². The molecule has 32 heavy (non-hydrogen) atoms. The molecule has 162 valence electrons. The van der Waals surface area contributed by atoms with Crippen LogP contribution in [-0.4, -0.2) is 25.0 Å². The van der Waals surface area contributed by atoms with Gasteiger partial charge in [0.1, 0.15) is 0 Å². The van der Waals surface area contributed by atoms with Gasteiger partial charge in [0, 0.05) is 23.2 Å². The number of nitriles is 1. The Hall–Kier alpha value is -4.18. The Labute approximate surface area is 186 Å². The first-order chi connectivity index (χ1) is 15.4. The normalized spacial score (nSPS) is 12.3. The highest BCUT2D eigenvalue weighted by molar-refractivity contribution is 5.95. The van der Waals surface area contributed by atoms with Crippen LogP contribution in [0.3, 0.4) is 0 Å². The Bertz CT molecular complexity index is 1150. The molecule has 0 radical (unpaired) electrons. The van der Waals surface area contributed by atoms with Crippen molar-refractivity contribution >= 4 is 11.9 Å². The molecule has 2 aromatic carbocycles. The third-order valence-electron chi connectivity index (χ3n) is 5.23. The minimum atomic E-state index is -0.617. The van der Waals surface area contributed by atoms with E-state index in [1.54, 1.807) is 55.5 Å². The number of carbonyl (C=O) groups excluding carboxylic acids is 2. The molecule has 7 heteroatoms. The minimum Gasteiger partial charge on any atom is -0.619 e. The highest BCUT2D eigenvalue weighted by Crippen LogP contribution is 2.19. The zero-order valence-corrected chi connectivity index (χ0v) is 17.8. The number of nitrogens with zero attached hydrogens (tertiary/aromatic N) is 2. The Morgan fingerprint density at radius 3 is 2.53 bits per heavy atom. The summed E-state index contributed by atoms with van der Waals surface area (Å²) in [7, 11) is 1.31. The van der Waals surface area contributed by atoms with Gasteiger partial charge in [0.25, 0.3) is 5.91 Å². The SMILES string of the molecule is COC(=O)[C@H](Cc1cccc(C#N)c1)C(C)NC(=O)c1ccc(-c2ccc[n+]([O-])c2)cc1. The number of nitrogens with one attached hydrogen (secondary N) is 1. The van der Waals surface area contributed by atoms with E-state index in [0.29, 0.717) is 17.5 Å². The maximum atomic E-state index is 12.8. The Morgan fingerprint density at radius 2 is 1.88 bits per heavy atom. The third-order valence-corrected chi connectivity index (χ3v) is 5.23. The number of pyridine rings is 1. The minimum absolute atomic E-state index is 0.323. The van der Waals surface area contributed by atoms with Gasteiger partial charge in [-0.3, -0.25) is 9.59 Å². The molecule has 1 N–H and O–H groups in total. The molecule has 0 fully saturated rings. The van der Waals surface area contributed by atoms with Crippen molar-refractivity contribution in [1.29, 1.82) is 5.26 Å². The van der Waals surface area contributed by atoms with E-state index in [0.717, 1.165) is 21.4 Å². The van der Waals surface area contributed by atoms with Gasteiger partial charge < -0.3 is 15.3 Å². The zero-order chi connectivity index (χ0) is 23.1. The summed E-state index contributed by atoms with van der Waals surface area (Å²) in [6.07, 6.45) is 3.19. The molecule has 0 aliphatic rings. The summed E-state index contributed by atoms with van der Waals surface area (Å²) >= 11 is 0. The maximum absolute atomic E-state index is 12.8. The molecule has 2 atom stereocenters. The molecular weight excluding hydrogens is 406 g/mol. The molecule has 1 amide bonds. The van der Waals surface area contributed by atoms with Crippen molar-refractivity contribution in [1.82, 2.24) is 5.32 Å². The topological polar surface area (TPSA) is 106 Å². The van der Waals surface area contributed by atoms with Crippen molar-refractivity contribution in [2.24, 2.45) is 5.92 Å². The number of esters is 1. The quantitative estimate of drug-likeness (QED) is 0.353. The molecule has 1 aromatic heterocycles. The number of benzene rings is 2. The Morgan fingerprint density at radius 1 is 1.12 bits per heavy atom. The van der Waals surface area contributed by atoms with E-state index in [9.17, 15) is 14.8 Å². The molecule has 3 aromatic rings. The predicted molar refractivity (Wildman–Crippen MR) is 118 cm³/mol. The molecule has 0 saturated carbocycles. The molecule has 0 spiro atoms. The maximum Gasteiger partial charge on any atom is 0.311 e. The summed E-state index contributed by atoms with van der Waals surface area (Å²) in [6, 6.07) is 18.9. The number of hydrogen-bond donors (Lipinski definition) is 1. The fraction of sp³-hybridized carbons (Fsp3) is 0.200. The molecule has 3 rings (SSSR count). The fourth-order valence-electron chi connectivity index (χ4n) is 3.47. The summed E-state index contributed by atoms with van der Waals surface area (Å²) in [5.74, 6) is -1.38. The second-order valence-electron chi connectivity index (χ2n) is 7.44. The van der Waals surface area contributed by atoms with Crippen molar-refractivity contribution in [3.8, 4) is 17.2 Å². The second kappa shape index (κ2) is 10.2. The lowest BCUT2D eigenvalue weighted by Crippen LogP contribution is -2.42. The van der Waals surface area contributed by atoms with E-state index in [2.05, 4.69) is 11.4 Å². The van der Waals surface area contributed by atoms with Gasteiger partial charge in [0.05, 0.1) is 24.7 Å². The monoisotopic (exact) mass is 429 g/mol. The second-order valence-corrected chi connectivity index (χ2v) is 7.44. The molecular formula is C25H23N3O4. The predicted octanol–water partition coefficient (Wildman–Crippen LogP) is 3.01. The van der Waals surface area contributed by atoms with Gasteiger partial charge in [-0.15, -0.1) is 0 Å². The fourth-order valence-corrected chi connectivity index (χ4v) is 3.47. The standard InChI is InChI=1S/C25H23N3O4/c1-17(23(25(30)32-2)14-18-5-3-6-19(13-18)15-26)27-24(29)21-10-8-20(9-11-21)22-7-4-12-28(31)16-22/h3-13,16-17,23H,14H2,1-2H3,(H,27,29)/t17?,23-/m1/s1. The van der Waals surface area contributed by atoms with Crippen LogP contribution in [-0.2, 0) is 16.0 Å². The lowest BCUT2D eigenvalue weighted by molar-refractivity contribution is -0.604. The molecule has 0 aliphatic heterocycles. The number of ether oxygens (including phenoxy) is 1. The van der Waals surface area contributed by atoms with Crippen molar-refractivity contribution in [3.05, 3.63) is 95.0 Å². The lowest BCUT2D eigenvalue weighted by Gasteiger charge is -2.23. The van der Waals surface area contributed by atoms with Gasteiger partial charge in [0.2, 0.25) is 0 Å². The van der Waals surface area contributed by atoms with Crippen LogP contribution in [0.2, 0.25) is 0 Å². The smallest absolute Gasteiger partial charge is 0.311 e. The summed E-state index contributed by atoms with van der Waals surface area (Å²) in [6.45, 7) is 1.75. The van der Waals surface area contributed by atoms with E-state index in [-0.39, 0.29) is 5.91 Å². The molecule has 1 unspecified atom stereocenters. The van der Waals surface area contributed by atoms with Crippen LogP contribution in [0.25, 0.3) is 11.1 Å². The summed E-state index contributed by atoms with van der Waals surface area (Å²) < 4.78 is 5.66. The number of aromatic nitrogens is 1. The van der Waals surface area contributed by atoms with Crippen LogP contribution >= 0.6 is 0 Å². The molecule has 0 saturated heterocycles. The van der Waals surface area contributed by atoms with Crippen LogP contribution in [0, 0.1) is 22.5 Å². The van der Waals surface area contributed by atoms with Crippen molar-refractivity contribution in [2.75, 3.05) is 7.11 Å². The van der Waals surface area contributed by atoms with Gasteiger partial charge in [-0.2, -0.15) is 9.99 Å². The van der Waals surface area contributed by atoms with Crippen LogP contribution in [0.1, 0.15) is 28.4 Å². The number of rotatable bonds is 7. The average molecular weight is 429 g/mol. The highest BCUT2D eigenvalue weighted by atomic mass is 16.5. The number of hydrogen-bond acceptors (Lipinski definition) is 5. The van der Waals surface area contributed by atoms with Crippen LogP contribution in [0.4, 0.5) is 0 Å². The first kappa shape index (κ1) is 22.5. The van der Waals surface area contributed by atoms with E-state index in [4.69, 9.17) is 10.00 Å². The molecule has 0 bridgehead atoms. The average Bonchev–Trinajstić information content (AvgIpc) is 2.82. The van der Waals surface area contributed by atoms with Crippen molar-refractivity contribution in [3.63, 3.8) is 0 Å². The molecule has 1 heterocycles. The lowest BCUT2D eigenvalue weighted by atomic mass is 9.92. The summed E-state index contributed by atoms with van der Waals surface area (Å²) in [5.41, 5.74) is 3.30. The third kappa shape index (κ3) is 5.49. The number of methoxy groups -OCH3 is 1. The van der Waals surface area contributed by atoms with Gasteiger partial charge in [-0.25, -0.2) is 0 Å². The summed E-state index contributed by atoms with van der Waals surface area (Å²) in [4.78, 5) is 25.2. The van der Waals surface area contributed by atoms with E-state index < -0.39 is 17.9 Å². The number of amides is 1. The van der Waals surface area contributed by atoms with Crippen LogP contribution in [0.15, 0.2) is 73.1 Å². The van der Waals surface area contributed by atoms with E-state index >= 15 is 0 Å². The van der Waals surface area contributed by atoms with Gasteiger partial charge in [-0.1, -0.05) is 24.3 Å².